The number of piperidine rings is 1. The maximum atomic E-state index is 13.5. The zero-order chi connectivity index (χ0) is 27.7. The van der Waals surface area contributed by atoms with Gasteiger partial charge in [0, 0.05) is 11.6 Å². The first-order chi connectivity index (χ1) is 17.9. The lowest BCUT2D eigenvalue weighted by atomic mass is 10.1. The molecule has 2 heterocycles. The van der Waals surface area contributed by atoms with Gasteiger partial charge in [-0.15, -0.1) is 4.59 Å². The predicted octanol–water partition coefficient (Wildman–Crippen LogP) is 3.92. The van der Waals surface area contributed by atoms with Crippen LogP contribution in [0.2, 0.25) is 5.02 Å². The number of carbonyl (C=O) groups excluding carboxylic acids is 2. The van der Waals surface area contributed by atoms with Crippen molar-refractivity contribution in [3.8, 4) is 6.07 Å². The van der Waals surface area contributed by atoms with Gasteiger partial charge in [-0.2, -0.15) is 14.4 Å². The number of nitrogens with zero attached hydrogens (tertiary/aromatic N) is 5. The number of piperazine rings is 1. The predicted molar refractivity (Wildman–Crippen MR) is 142 cm³/mol. The smallest absolute Gasteiger partial charge is 0.413 e. The van der Waals surface area contributed by atoms with Crippen molar-refractivity contribution in [3.05, 3.63) is 41.4 Å². The van der Waals surface area contributed by atoms with Gasteiger partial charge in [0.15, 0.2) is 6.54 Å². The number of ether oxygens (including phenoxy) is 1. The molecule has 12 heteroatoms. The summed E-state index contributed by atoms with van der Waals surface area (Å²) in [6.45, 7) is 5.51. The zero-order valence-corrected chi connectivity index (χ0v) is 23.5. The maximum Gasteiger partial charge on any atom is 0.538 e. The molecule has 2 aromatic carbocycles. The largest absolute Gasteiger partial charge is 0.538 e. The number of hydrogen-bond donors (Lipinski definition) is 0. The SMILES string of the molecule is CC(C)(C)OC(=O)[N+]1(N(CC#N)N2CCN(S(=O)(=O)c3ccc4cc(Cl)ccc4c3)CC2=O)CCCCC1. The molecule has 0 aromatic heterocycles. The van der Waals surface area contributed by atoms with Gasteiger partial charge in [-0.3, -0.25) is 4.79 Å². The van der Waals surface area contributed by atoms with Crippen molar-refractivity contribution < 1.29 is 27.3 Å². The number of fused-ring (bicyclic) bond motifs is 1. The first-order valence-electron chi connectivity index (χ1n) is 12.6. The summed E-state index contributed by atoms with van der Waals surface area (Å²) in [5.74, 6) is -0.505. The number of nitriles is 1. The molecule has 204 valence electrons. The quantitative estimate of drug-likeness (QED) is 0.401. The van der Waals surface area contributed by atoms with Gasteiger partial charge in [0.05, 0.1) is 24.1 Å². The summed E-state index contributed by atoms with van der Waals surface area (Å²) in [6.07, 6.45) is 1.88. The van der Waals surface area contributed by atoms with Crippen LogP contribution < -0.4 is 0 Å². The van der Waals surface area contributed by atoms with Crippen molar-refractivity contribution in [2.75, 3.05) is 39.3 Å². The molecular weight excluding hydrogens is 530 g/mol. The number of halogens is 1. The summed E-state index contributed by atoms with van der Waals surface area (Å²) >= 11 is 6.04. The van der Waals surface area contributed by atoms with Crippen molar-refractivity contribution in [2.24, 2.45) is 0 Å². The van der Waals surface area contributed by atoms with Crippen molar-refractivity contribution in [1.29, 1.82) is 5.26 Å². The second kappa shape index (κ2) is 10.8. The summed E-state index contributed by atoms with van der Waals surface area (Å²) in [7, 11) is -3.97. The molecule has 2 aliphatic heterocycles. The number of carbonyl (C=O) groups is 2. The first kappa shape index (κ1) is 28.3. The van der Waals surface area contributed by atoms with Crippen molar-refractivity contribution >= 4 is 44.4 Å². The number of amides is 2. The Hall–Kier alpha value is -2.75. The van der Waals surface area contributed by atoms with Crippen LogP contribution in [0.3, 0.4) is 0 Å². The number of rotatable bonds is 5. The summed E-state index contributed by atoms with van der Waals surface area (Å²) in [5.41, 5.74) is -0.750. The highest BCUT2D eigenvalue weighted by molar-refractivity contribution is 7.89. The van der Waals surface area contributed by atoms with E-state index in [1.54, 1.807) is 51.1 Å². The average Bonchev–Trinajstić information content (AvgIpc) is 2.86. The molecule has 38 heavy (non-hydrogen) atoms. The third kappa shape index (κ3) is 5.65. The molecule has 0 atom stereocenters. The molecule has 2 fully saturated rings. The van der Waals surface area contributed by atoms with E-state index in [4.69, 9.17) is 16.3 Å². The zero-order valence-electron chi connectivity index (χ0n) is 21.9. The molecule has 0 unspecified atom stereocenters. The fourth-order valence-corrected chi connectivity index (χ4v) is 6.57. The molecule has 2 saturated heterocycles. The molecule has 0 N–H and O–H groups in total. The fraction of sp³-hybridized carbons (Fsp3) is 0.500. The standard InChI is InChI=1S/C26H33ClN5O5S/c1-26(2,3)37-25(34)32(15-5-4-6-16-32)31(12-11-28)30-14-13-29(19-24(30)33)38(35,36)23-10-8-20-17-22(27)9-7-21(20)18-23/h7-10,17-18H,4-6,12-16,19H2,1-3H3/q+1. The second-order valence-corrected chi connectivity index (χ2v) is 13.0. The van der Waals surface area contributed by atoms with Gasteiger partial charge < -0.3 is 4.74 Å². The highest BCUT2D eigenvalue weighted by Crippen LogP contribution is 2.30. The number of benzene rings is 2. The summed E-state index contributed by atoms with van der Waals surface area (Å²) in [6, 6.07) is 12.0. The summed E-state index contributed by atoms with van der Waals surface area (Å²) in [5, 5.41) is 14.5. The molecule has 2 aliphatic rings. The number of quaternary nitrogens is 1. The van der Waals surface area contributed by atoms with Crippen molar-refractivity contribution in [1.82, 2.24) is 14.4 Å². The van der Waals surface area contributed by atoms with Crippen molar-refractivity contribution in [2.45, 2.75) is 50.5 Å². The molecular formula is C26H33ClN5O5S+. The highest BCUT2D eigenvalue weighted by atomic mass is 35.5. The Bertz CT molecular complexity index is 1380. The van der Waals surface area contributed by atoms with Crippen LogP contribution in [-0.2, 0) is 19.6 Å². The normalized spacial score (nSPS) is 18.9. The van der Waals surface area contributed by atoms with Gasteiger partial charge in [-0.1, -0.05) is 23.7 Å². The highest BCUT2D eigenvalue weighted by Gasteiger charge is 2.52. The topological polar surface area (TPSA) is 111 Å². The Morgan fingerprint density at radius 2 is 1.76 bits per heavy atom. The van der Waals surface area contributed by atoms with E-state index >= 15 is 0 Å². The minimum Gasteiger partial charge on any atom is -0.413 e. The van der Waals surface area contributed by atoms with E-state index in [9.17, 15) is 23.3 Å². The Balaban J connectivity index is 1.60. The lowest BCUT2D eigenvalue weighted by Gasteiger charge is -2.49. The van der Waals surface area contributed by atoms with Crippen LogP contribution in [0.25, 0.3) is 10.8 Å². The van der Waals surface area contributed by atoms with Crippen LogP contribution in [0.4, 0.5) is 4.79 Å². The van der Waals surface area contributed by atoms with Crippen LogP contribution in [0, 0.1) is 11.3 Å². The lowest BCUT2D eigenvalue weighted by Crippen LogP contribution is -2.73. The first-order valence-corrected chi connectivity index (χ1v) is 14.4. The molecule has 0 spiro atoms. The molecule has 10 nitrogen and oxygen atoms in total. The van der Waals surface area contributed by atoms with Crippen LogP contribution in [-0.4, -0.2) is 84.3 Å². The van der Waals surface area contributed by atoms with E-state index in [2.05, 4.69) is 6.07 Å². The fourth-order valence-electron chi connectivity index (χ4n) is 4.98. The van der Waals surface area contributed by atoms with E-state index in [1.807, 2.05) is 0 Å². The Labute approximate surface area is 228 Å². The number of sulfonamides is 1. The Morgan fingerprint density at radius 1 is 1.11 bits per heavy atom. The molecule has 0 aliphatic carbocycles. The van der Waals surface area contributed by atoms with Gasteiger partial charge in [0.2, 0.25) is 10.0 Å². The third-order valence-electron chi connectivity index (χ3n) is 6.79. The van der Waals surface area contributed by atoms with Crippen molar-refractivity contribution in [3.63, 3.8) is 0 Å². The van der Waals surface area contributed by atoms with E-state index in [1.165, 1.54) is 16.2 Å². The van der Waals surface area contributed by atoms with E-state index in [-0.39, 0.29) is 29.1 Å². The monoisotopic (exact) mass is 562 g/mol. The molecule has 2 amide bonds. The number of hydrazine groups is 1. The maximum absolute atomic E-state index is 13.5. The van der Waals surface area contributed by atoms with Gasteiger partial charge in [0.25, 0.3) is 5.91 Å². The molecule has 4 rings (SSSR count). The van der Waals surface area contributed by atoms with Crippen LogP contribution in [0.15, 0.2) is 41.3 Å². The van der Waals surface area contributed by atoms with Crippen LogP contribution >= 0.6 is 11.6 Å². The number of hydrogen-bond acceptors (Lipinski definition) is 7. The minimum atomic E-state index is -3.97. The van der Waals surface area contributed by atoms with Gasteiger partial charge in [0.1, 0.15) is 18.7 Å². The second-order valence-electron chi connectivity index (χ2n) is 10.6. The van der Waals surface area contributed by atoms with Gasteiger partial charge in [-0.05, 0) is 80.2 Å². The lowest BCUT2D eigenvalue weighted by molar-refractivity contribution is -0.994. The molecule has 0 radical (unpaired) electrons. The summed E-state index contributed by atoms with van der Waals surface area (Å²) in [4.78, 5) is 27.0. The Kier molecular flexibility index (Phi) is 8.02. The molecule has 0 saturated carbocycles. The van der Waals surface area contributed by atoms with E-state index in [0.29, 0.717) is 18.1 Å². The van der Waals surface area contributed by atoms with Gasteiger partial charge in [-0.25, -0.2) is 13.4 Å². The Morgan fingerprint density at radius 3 is 2.39 bits per heavy atom. The van der Waals surface area contributed by atoms with Crippen LogP contribution in [0.1, 0.15) is 40.0 Å². The minimum absolute atomic E-state index is 0.00568. The molecule has 0 bridgehead atoms. The summed E-state index contributed by atoms with van der Waals surface area (Å²) < 4.78 is 33.5. The van der Waals surface area contributed by atoms with E-state index in [0.717, 1.165) is 34.3 Å². The van der Waals surface area contributed by atoms with E-state index < -0.39 is 34.2 Å². The number of likely N-dealkylation sites (tertiary alicyclic amines) is 1. The van der Waals surface area contributed by atoms with Crippen LogP contribution in [0.5, 0.6) is 0 Å². The van der Waals surface area contributed by atoms with Gasteiger partial charge >= 0.3 is 6.09 Å². The third-order valence-corrected chi connectivity index (χ3v) is 8.87. The molecule has 2 aromatic rings. The average molecular weight is 563 g/mol.